The lowest BCUT2D eigenvalue weighted by Crippen LogP contribution is -2.13. The van der Waals surface area contributed by atoms with Crippen LogP contribution < -0.4 is 27.3 Å². The summed E-state index contributed by atoms with van der Waals surface area (Å²) < 4.78 is 5.43. The molecule has 2 aromatic heterocycles. The average Bonchev–Trinajstić information content (AvgIpc) is 2.63. The number of nitrogens with zero attached hydrogens (tertiary/aromatic N) is 4. The molecule has 3 rings (SSSR count). The van der Waals surface area contributed by atoms with E-state index in [9.17, 15) is 0 Å². The molecule has 0 bridgehead atoms. The summed E-state index contributed by atoms with van der Waals surface area (Å²) in [5, 5.41) is 3.71. The van der Waals surface area contributed by atoms with Crippen LogP contribution in [0.2, 0.25) is 5.02 Å². The van der Waals surface area contributed by atoms with Crippen LogP contribution in [0.1, 0.15) is 5.56 Å². The molecule has 0 spiro atoms. The maximum atomic E-state index is 6.15. The topological polar surface area (TPSA) is 151 Å². The van der Waals surface area contributed by atoms with Crippen molar-refractivity contribution in [2.75, 3.05) is 36.2 Å². The zero-order valence-electron chi connectivity index (χ0n) is 14.6. The van der Waals surface area contributed by atoms with Crippen molar-refractivity contribution in [3.8, 4) is 17.0 Å². The Morgan fingerprint density at radius 1 is 1.07 bits per heavy atom. The quantitative estimate of drug-likeness (QED) is 0.498. The number of hydrogen-bond donors (Lipinski definition) is 4. The largest absolute Gasteiger partial charge is 0.496 e. The summed E-state index contributed by atoms with van der Waals surface area (Å²) in [6.07, 6.45) is 2.09. The summed E-state index contributed by atoms with van der Waals surface area (Å²) in [6, 6.07) is 6.97. The van der Waals surface area contributed by atoms with Gasteiger partial charge in [-0.15, -0.1) is 0 Å². The molecule has 0 amide bonds. The van der Waals surface area contributed by atoms with E-state index >= 15 is 0 Å². The van der Waals surface area contributed by atoms with E-state index in [4.69, 9.17) is 33.5 Å². The van der Waals surface area contributed by atoms with Crippen LogP contribution in [0.15, 0.2) is 30.5 Å². The molecule has 3 aromatic rings. The monoisotopic (exact) mass is 386 g/mol. The van der Waals surface area contributed by atoms with Gasteiger partial charge >= 0.3 is 0 Å². The molecule has 0 atom stereocenters. The molecular weight excluding hydrogens is 368 g/mol. The van der Waals surface area contributed by atoms with Gasteiger partial charge in [-0.2, -0.15) is 9.97 Å². The number of anilines is 4. The van der Waals surface area contributed by atoms with Gasteiger partial charge in [-0.05, 0) is 30.7 Å². The normalized spacial score (nSPS) is 10.6. The number of aromatic nitrogens is 4. The van der Waals surface area contributed by atoms with Crippen molar-refractivity contribution in [2.45, 2.75) is 6.42 Å². The number of methoxy groups -OCH3 is 1. The van der Waals surface area contributed by atoms with Gasteiger partial charge in [-0.25, -0.2) is 9.97 Å². The fourth-order valence-electron chi connectivity index (χ4n) is 2.64. The van der Waals surface area contributed by atoms with Gasteiger partial charge < -0.3 is 27.3 Å². The number of ether oxygens (including phenoxy) is 1. The number of hydrogen-bond acceptors (Lipinski definition) is 9. The highest BCUT2D eigenvalue weighted by Crippen LogP contribution is 2.35. The Kier molecular flexibility index (Phi) is 5.41. The van der Waals surface area contributed by atoms with E-state index in [0.29, 0.717) is 46.6 Å². The summed E-state index contributed by atoms with van der Waals surface area (Å²) in [4.78, 5) is 16.4. The zero-order valence-corrected chi connectivity index (χ0v) is 15.4. The van der Waals surface area contributed by atoms with E-state index in [1.807, 2.05) is 0 Å². The third-order valence-corrected chi connectivity index (χ3v) is 4.06. The fourth-order valence-corrected chi connectivity index (χ4v) is 2.81. The van der Waals surface area contributed by atoms with Gasteiger partial charge in [-0.3, -0.25) is 0 Å². The van der Waals surface area contributed by atoms with E-state index in [1.54, 1.807) is 37.6 Å². The lowest BCUT2D eigenvalue weighted by Gasteiger charge is -2.15. The van der Waals surface area contributed by atoms with E-state index in [1.165, 1.54) is 0 Å². The predicted molar refractivity (Wildman–Crippen MR) is 106 cm³/mol. The van der Waals surface area contributed by atoms with Crippen LogP contribution in [0.4, 0.5) is 23.5 Å². The van der Waals surface area contributed by atoms with Gasteiger partial charge in [0.25, 0.3) is 0 Å². The molecule has 0 fully saturated rings. The van der Waals surface area contributed by atoms with E-state index < -0.39 is 0 Å². The van der Waals surface area contributed by atoms with Gasteiger partial charge in [0.2, 0.25) is 11.9 Å². The smallest absolute Gasteiger partial charge is 0.222 e. The summed E-state index contributed by atoms with van der Waals surface area (Å²) in [6.45, 7) is 0.518. The Labute approximate surface area is 161 Å². The van der Waals surface area contributed by atoms with Gasteiger partial charge in [0, 0.05) is 28.9 Å². The highest BCUT2D eigenvalue weighted by molar-refractivity contribution is 6.31. The second kappa shape index (κ2) is 7.92. The molecule has 0 unspecified atom stereocenters. The Balaban J connectivity index is 1.93. The third-order valence-electron chi connectivity index (χ3n) is 3.83. The van der Waals surface area contributed by atoms with Crippen LogP contribution >= 0.6 is 11.6 Å². The van der Waals surface area contributed by atoms with Crippen molar-refractivity contribution in [3.05, 3.63) is 41.0 Å². The third kappa shape index (κ3) is 4.26. The summed E-state index contributed by atoms with van der Waals surface area (Å²) in [7, 11) is 1.57. The van der Waals surface area contributed by atoms with Gasteiger partial charge in [0.1, 0.15) is 17.4 Å². The molecule has 2 heterocycles. The lowest BCUT2D eigenvalue weighted by atomic mass is 10.0. The minimum absolute atomic E-state index is 0.0739. The molecule has 0 saturated heterocycles. The molecular formula is C17H19ClN8O. The van der Waals surface area contributed by atoms with Crippen LogP contribution in [0.25, 0.3) is 11.3 Å². The average molecular weight is 387 g/mol. The molecule has 27 heavy (non-hydrogen) atoms. The molecule has 140 valence electrons. The number of halogens is 1. The maximum absolute atomic E-state index is 6.15. The minimum Gasteiger partial charge on any atom is -0.496 e. The van der Waals surface area contributed by atoms with Crippen LogP contribution in [-0.2, 0) is 6.42 Å². The van der Waals surface area contributed by atoms with Crippen molar-refractivity contribution >= 4 is 35.1 Å². The number of rotatable bonds is 6. The van der Waals surface area contributed by atoms with E-state index in [0.717, 1.165) is 5.56 Å². The summed E-state index contributed by atoms with van der Waals surface area (Å²) >= 11 is 6.15. The molecule has 7 N–H and O–H groups in total. The first-order chi connectivity index (χ1) is 13.0. The van der Waals surface area contributed by atoms with Crippen LogP contribution in [0.3, 0.4) is 0 Å². The Bertz CT molecular complexity index is 966. The minimum atomic E-state index is 0.0739. The van der Waals surface area contributed by atoms with E-state index in [-0.39, 0.29) is 11.9 Å². The number of nitrogens with two attached hydrogens (primary N) is 3. The summed E-state index contributed by atoms with van der Waals surface area (Å²) in [5.74, 6) is 1.78. The van der Waals surface area contributed by atoms with Crippen molar-refractivity contribution in [1.29, 1.82) is 0 Å². The summed E-state index contributed by atoms with van der Waals surface area (Å²) in [5.41, 5.74) is 19.5. The first-order valence-electron chi connectivity index (χ1n) is 8.06. The standard InChI is InChI=1S/C17H19ClN8O/c1-27-12-3-2-9(18)8-11(12)14-10(15(19)26-17(21)25-14)4-6-22-13-5-7-23-16(20)24-13/h2-3,5,7-8H,4,6H2,1H3,(H4,19,21,25,26)(H3,20,22,23,24). The molecule has 0 aliphatic heterocycles. The molecule has 9 nitrogen and oxygen atoms in total. The zero-order chi connectivity index (χ0) is 19.4. The number of nitrogens with one attached hydrogen (secondary N) is 1. The fraction of sp³-hybridized carbons (Fsp3) is 0.176. The second-order valence-corrected chi connectivity index (χ2v) is 6.05. The van der Waals surface area contributed by atoms with Gasteiger partial charge in [-0.1, -0.05) is 11.6 Å². The van der Waals surface area contributed by atoms with Gasteiger partial charge in [0.15, 0.2) is 0 Å². The highest BCUT2D eigenvalue weighted by Gasteiger charge is 2.17. The van der Waals surface area contributed by atoms with Crippen LogP contribution in [-0.4, -0.2) is 33.6 Å². The van der Waals surface area contributed by atoms with Gasteiger partial charge in [0.05, 0.1) is 12.8 Å². The van der Waals surface area contributed by atoms with Crippen molar-refractivity contribution in [2.24, 2.45) is 0 Å². The number of nitrogen functional groups attached to an aromatic ring is 3. The van der Waals surface area contributed by atoms with Crippen molar-refractivity contribution in [1.82, 2.24) is 19.9 Å². The first-order valence-corrected chi connectivity index (χ1v) is 8.44. The maximum Gasteiger partial charge on any atom is 0.222 e. The Morgan fingerprint density at radius 3 is 2.63 bits per heavy atom. The van der Waals surface area contributed by atoms with Crippen LogP contribution in [0.5, 0.6) is 5.75 Å². The molecule has 0 aliphatic carbocycles. The molecule has 0 radical (unpaired) electrons. The molecule has 10 heteroatoms. The lowest BCUT2D eigenvalue weighted by molar-refractivity contribution is 0.416. The molecule has 0 aliphatic rings. The van der Waals surface area contributed by atoms with Crippen molar-refractivity contribution < 1.29 is 4.74 Å². The first kappa shape index (κ1) is 18.5. The second-order valence-electron chi connectivity index (χ2n) is 5.62. The van der Waals surface area contributed by atoms with Crippen molar-refractivity contribution in [3.63, 3.8) is 0 Å². The van der Waals surface area contributed by atoms with Crippen LogP contribution in [0, 0.1) is 0 Å². The van der Waals surface area contributed by atoms with E-state index in [2.05, 4.69) is 25.3 Å². The highest BCUT2D eigenvalue weighted by atomic mass is 35.5. The predicted octanol–water partition coefficient (Wildman–Crippen LogP) is 2.00. The molecule has 0 saturated carbocycles. The Morgan fingerprint density at radius 2 is 1.89 bits per heavy atom. The number of benzene rings is 1. The molecule has 1 aromatic carbocycles. The Hall–Kier alpha value is -3.33. The SMILES string of the molecule is COc1ccc(Cl)cc1-c1nc(N)nc(N)c1CCNc1ccnc(N)n1.